The maximum atomic E-state index is 12.1. The van der Waals surface area contributed by atoms with Crippen LogP contribution >= 0.6 is 11.3 Å². The zero-order valence-electron chi connectivity index (χ0n) is 11.1. The average molecular weight is 290 g/mol. The van der Waals surface area contributed by atoms with Crippen molar-refractivity contribution in [3.05, 3.63) is 45.3 Å². The molecule has 20 heavy (non-hydrogen) atoms. The van der Waals surface area contributed by atoms with Crippen LogP contribution in [0.5, 0.6) is 0 Å². The van der Waals surface area contributed by atoms with Gasteiger partial charge < -0.3 is 10.4 Å². The fourth-order valence-electron chi connectivity index (χ4n) is 1.78. The Labute approximate surface area is 120 Å². The number of hydrogen-bond acceptors (Lipinski definition) is 4. The van der Waals surface area contributed by atoms with E-state index in [-0.39, 0.29) is 17.4 Å². The number of carboxylic acids is 1. The van der Waals surface area contributed by atoms with E-state index in [4.69, 9.17) is 5.11 Å². The van der Waals surface area contributed by atoms with E-state index in [1.54, 1.807) is 12.1 Å². The third kappa shape index (κ3) is 3.03. The van der Waals surface area contributed by atoms with Crippen molar-refractivity contribution in [3.8, 4) is 0 Å². The van der Waals surface area contributed by atoms with Crippen molar-refractivity contribution in [2.75, 3.05) is 5.32 Å². The van der Waals surface area contributed by atoms with E-state index in [2.05, 4.69) is 10.3 Å². The average Bonchev–Trinajstić information content (AvgIpc) is 2.80. The third-order valence-corrected chi connectivity index (χ3v) is 3.93. The van der Waals surface area contributed by atoms with Crippen LogP contribution in [-0.2, 0) is 6.42 Å². The molecule has 0 aliphatic heterocycles. The zero-order chi connectivity index (χ0) is 14.7. The minimum atomic E-state index is -1.12. The highest BCUT2D eigenvalue weighted by Crippen LogP contribution is 2.22. The van der Waals surface area contributed by atoms with E-state index in [1.165, 1.54) is 17.4 Å². The molecule has 104 valence electrons. The van der Waals surface area contributed by atoms with Crippen LogP contribution in [0.2, 0.25) is 0 Å². The standard InChI is InChI=1S/C14H14N2O3S/c1-3-9-7-11(20-8(9)2)13(17)16-12-6-4-5-10(15-12)14(18)19/h4-7H,3H2,1-2H3,(H,18,19)(H,15,16,17). The maximum Gasteiger partial charge on any atom is 0.354 e. The van der Waals surface area contributed by atoms with Gasteiger partial charge in [-0.1, -0.05) is 13.0 Å². The van der Waals surface area contributed by atoms with Gasteiger partial charge in [-0.05, 0) is 37.1 Å². The number of rotatable bonds is 4. The topological polar surface area (TPSA) is 79.3 Å². The minimum Gasteiger partial charge on any atom is -0.477 e. The van der Waals surface area contributed by atoms with Crippen LogP contribution < -0.4 is 5.32 Å². The highest BCUT2D eigenvalue weighted by Gasteiger charge is 2.13. The number of thiophene rings is 1. The Kier molecular flexibility index (Phi) is 4.14. The molecule has 0 aliphatic rings. The number of amides is 1. The number of aryl methyl sites for hydroxylation is 2. The smallest absolute Gasteiger partial charge is 0.354 e. The molecule has 2 heterocycles. The fraction of sp³-hybridized carbons (Fsp3) is 0.214. The first-order chi connectivity index (χ1) is 9.51. The second kappa shape index (κ2) is 5.83. The van der Waals surface area contributed by atoms with Crippen LogP contribution in [0.3, 0.4) is 0 Å². The molecular weight excluding hydrogens is 276 g/mol. The second-order valence-corrected chi connectivity index (χ2v) is 5.47. The molecule has 0 radical (unpaired) electrons. The quantitative estimate of drug-likeness (QED) is 0.907. The van der Waals surface area contributed by atoms with E-state index >= 15 is 0 Å². The lowest BCUT2D eigenvalue weighted by molar-refractivity contribution is 0.0690. The largest absolute Gasteiger partial charge is 0.477 e. The summed E-state index contributed by atoms with van der Waals surface area (Å²) in [4.78, 5) is 28.5. The number of pyridine rings is 1. The predicted octanol–water partition coefficient (Wildman–Crippen LogP) is 2.96. The first kappa shape index (κ1) is 14.2. The highest BCUT2D eigenvalue weighted by molar-refractivity contribution is 7.14. The molecule has 0 atom stereocenters. The maximum absolute atomic E-state index is 12.1. The van der Waals surface area contributed by atoms with Gasteiger partial charge in [-0.25, -0.2) is 9.78 Å². The van der Waals surface area contributed by atoms with Crippen molar-refractivity contribution < 1.29 is 14.7 Å². The van der Waals surface area contributed by atoms with Gasteiger partial charge in [0.05, 0.1) is 4.88 Å². The van der Waals surface area contributed by atoms with Crippen LogP contribution in [-0.4, -0.2) is 22.0 Å². The molecule has 0 spiro atoms. The van der Waals surface area contributed by atoms with Crippen molar-refractivity contribution in [1.82, 2.24) is 4.98 Å². The van der Waals surface area contributed by atoms with Gasteiger partial charge in [0.2, 0.25) is 0 Å². The summed E-state index contributed by atoms with van der Waals surface area (Å²) in [6, 6.07) is 6.34. The summed E-state index contributed by atoms with van der Waals surface area (Å²) < 4.78 is 0. The van der Waals surface area contributed by atoms with Gasteiger partial charge in [-0.15, -0.1) is 11.3 Å². The fourth-order valence-corrected chi connectivity index (χ4v) is 2.79. The molecule has 2 N–H and O–H groups in total. The second-order valence-electron chi connectivity index (χ2n) is 4.21. The molecule has 5 nitrogen and oxygen atoms in total. The number of carbonyl (C=O) groups is 2. The number of anilines is 1. The number of aromatic carboxylic acids is 1. The van der Waals surface area contributed by atoms with E-state index in [9.17, 15) is 9.59 Å². The van der Waals surface area contributed by atoms with E-state index in [1.807, 2.05) is 19.9 Å². The van der Waals surface area contributed by atoms with Gasteiger partial charge in [0.25, 0.3) is 5.91 Å². The normalized spacial score (nSPS) is 10.3. The van der Waals surface area contributed by atoms with Gasteiger partial charge >= 0.3 is 5.97 Å². The Morgan fingerprint density at radius 3 is 2.75 bits per heavy atom. The number of aromatic nitrogens is 1. The van der Waals surface area contributed by atoms with Crippen molar-refractivity contribution >= 4 is 29.0 Å². The monoisotopic (exact) mass is 290 g/mol. The SMILES string of the molecule is CCc1cc(C(=O)Nc2cccc(C(=O)O)n2)sc1C. The molecule has 0 aliphatic carbocycles. The molecule has 0 unspecified atom stereocenters. The summed E-state index contributed by atoms with van der Waals surface area (Å²) in [5, 5.41) is 11.5. The van der Waals surface area contributed by atoms with E-state index < -0.39 is 5.97 Å². The summed E-state index contributed by atoms with van der Waals surface area (Å²) in [6.07, 6.45) is 0.877. The van der Waals surface area contributed by atoms with E-state index in [0.717, 1.165) is 16.9 Å². The Morgan fingerprint density at radius 2 is 2.15 bits per heavy atom. The molecule has 0 bridgehead atoms. The van der Waals surface area contributed by atoms with Crippen molar-refractivity contribution in [2.24, 2.45) is 0 Å². The first-order valence-electron chi connectivity index (χ1n) is 6.12. The summed E-state index contributed by atoms with van der Waals surface area (Å²) >= 11 is 1.42. The summed E-state index contributed by atoms with van der Waals surface area (Å²) in [6.45, 7) is 4.01. The lowest BCUT2D eigenvalue weighted by atomic mass is 10.2. The summed E-state index contributed by atoms with van der Waals surface area (Å²) in [5.41, 5.74) is 1.05. The molecule has 6 heteroatoms. The lowest BCUT2D eigenvalue weighted by Gasteiger charge is -2.03. The van der Waals surface area contributed by atoms with Crippen molar-refractivity contribution in [3.63, 3.8) is 0 Å². The molecule has 2 aromatic heterocycles. The van der Waals surface area contributed by atoms with Crippen LogP contribution in [0.1, 0.15) is 37.5 Å². The number of carboxylic acid groups (broad SMARTS) is 1. The van der Waals surface area contributed by atoms with Gasteiger partial charge in [0, 0.05) is 4.88 Å². The highest BCUT2D eigenvalue weighted by atomic mass is 32.1. The Hall–Kier alpha value is -2.21. The van der Waals surface area contributed by atoms with Gasteiger partial charge in [0.15, 0.2) is 5.69 Å². The molecular formula is C14H14N2O3S. The molecule has 0 saturated heterocycles. The zero-order valence-corrected chi connectivity index (χ0v) is 12.0. The summed E-state index contributed by atoms with van der Waals surface area (Å²) in [5.74, 6) is -1.16. The Balaban J connectivity index is 2.18. The molecule has 0 aromatic carbocycles. The van der Waals surface area contributed by atoms with Gasteiger partial charge in [-0.2, -0.15) is 0 Å². The predicted molar refractivity (Wildman–Crippen MR) is 77.6 cm³/mol. The van der Waals surface area contributed by atoms with Crippen molar-refractivity contribution in [1.29, 1.82) is 0 Å². The number of nitrogens with one attached hydrogen (secondary N) is 1. The third-order valence-electron chi connectivity index (χ3n) is 2.84. The number of carbonyl (C=O) groups excluding carboxylic acids is 1. The van der Waals surface area contributed by atoms with Crippen molar-refractivity contribution in [2.45, 2.75) is 20.3 Å². The lowest BCUT2D eigenvalue weighted by Crippen LogP contribution is -2.12. The molecule has 0 fully saturated rings. The Bertz CT molecular complexity index is 664. The minimum absolute atomic E-state index is 0.0978. The van der Waals surface area contributed by atoms with Crippen LogP contribution in [0.15, 0.2) is 24.3 Å². The van der Waals surface area contributed by atoms with E-state index in [0.29, 0.717) is 4.88 Å². The van der Waals surface area contributed by atoms with Crippen LogP contribution in [0.4, 0.5) is 5.82 Å². The molecule has 2 rings (SSSR count). The first-order valence-corrected chi connectivity index (χ1v) is 6.94. The Morgan fingerprint density at radius 1 is 1.40 bits per heavy atom. The number of hydrogen-bond donors (Lipinski definition) is 2. The molecule has 0 saturated carbocycles. The molecule has 1 amide bonds. The molecule has 2 aromatic rings. The van der Waals surface area contributed by atoms with Gasteiger partial charge in [-0.3, -0.25) is 4.79 Å². The summed E-state index contributed by atoms with van der Waals surface area (Å²) in [7, 11) is 0. The van der Waals surface area contributed by atoms with Crippen LogP contribution in [0.25, 0.3) is 0 Å². The number of nitrogens with zero attached hydrogens (tertiary/aromatic N) is 1. The van der Waals surface area contributed by atoms with Crippen LogP contribution in [0, 0.1) is 6.92 Å². The van der Waals surface area contributed by atoms with Gasteiger partial charge in [0.1, 0.15) is 5.82 Å².